The van der Waals surface area contributed by atoms with Crippen LogP contribution in [0, 0.1) is 0 Å². The number of benzene rings is 4. The summed E-state index contributed by atoms with van der Waals surface area (Å²) in [4.78, 5) is -2.16. The van der Waals surface area contributed by atoms with E-state index in [0.717, 1.165) is 0 Å². The van der Waals surface area contributed by atoms with Gasteiger partial charge in [0.25, 0.3) is 0 Å². The Morgan fingerprint density at radius 1 is 0.382 bits per heavy atom. The Morgan fingerprint density at radius 3 is 0.706 bits per heavy atom. The molecule has 0 saturated carbocycles. The third-order valence-electron chi connectivity index (χ3n) is 4.50. The molecule has 0 heterocycles. The molecule has 8 heteroatoms. The Balaban J connectivity index is 0.000000187. The third kappa shape index (κ3) is 13.5. The zero-order chi connectivity index (χ0) is 24.9. The Morgan fingerprint density at radius 2 is 0.559 bits per heavy atom. The first-order valence-electron chi connectivity index (χ1n) is 10.7. The van der Waals surface area contributed by atoms with Gasteiger partial charge in [-0.25, -0.2) is 0 Å². The summed E-state index contributed by atoms with van der Waals surface area (Å²) >= 11 is 11.9. The summed E-state index contributed by atoms with van der Waals surface area (Å²) in [5, 5.41) is 0. The zero-order valence-electron chi connectivity index (χ0n) is 19.2. The van der Waals surface area contributed by atoms with Gasteiger partial charge in [0.05, 0.1) is 0 Å². The van der Waals surface area contributed by atoms with Crippen LogP contribution in [-0.4, -0.2) is 113 Å². The number of hydrogen-bond donors (Lipinski definition) is 0. The average Bonchev–Trinajstić information content (AvgIpc) is 2.81. The van der Waals surface area contributed by atoms with Crippen LogP contribution in [-0.2, 0) is 0 Å². The molecule has 0 N–H and O–H groups in total. The van der Waals surface area contributed by atoms with Crippen molar-refractivity contribution in [3.05, 3.63) is 121 Å². The second kappa shape index (κ2) is 16.8. The van der Waals surface area contributed by atoms with Gasteiger partial charge in [-0.05, 0) is 0 Å². The van der Waals surface area contributed by atoms with Gasteiger partial charge in [-0.15, -0.1) is 0 Å². The van der Waals surface area contributed by atoms with E-state index in [9.17, 15) is 0 Å². The Kier molecular flexibility index (Phi) is 15.4. The van der Waals surface area contributed by atoms with E-state index in [1.165, 1.54) is 14.3 Å². The molecule has 4 aromatic carbocycles. The number of hydrogen-bond acceptors (Lipinski definition) is 0. The maximum absolute atomic E-state index is 3.24. The summed E-state index contributed by atoms with van der Waals surface area (Å²) in [6.07, 6.45) is 0. The van der Waals surface area contributed by atoms with Crippen LogP contribution in [0.15, 0.2) is 121 Å². The van der Waals surface area contributed by atoms with E-state index in [1.54, 1.807) is 0 Å². The van der Waals surface area contributed by atoms with Crippen molar-refractivity contribution in [1.29, 1.82) is 0 Å². The summed E-state index contributed by atoms with van der Waals surface area (Å²) in [5.74, 6) is 0. The summed E-state index contributed by atoms with van der Waals surface area (Å²) in [6, 6.07) is 43.2. The summed E-state index contributed by atoms with van der Waals surface area (Å²) in [7, 11) is 0. The van der Waals surface area contributed by atoms with Gasteiger partial charge in [-0.3, -0.25) is 0 Å². The predicted octanol–water partition coefficient (Wildman–Crippen LogP) is 1.57. The minimum absolute atomic E-state index is 0.517. The topological polar surface area (TPSA) is 0 Å². The first kappa shape index (κ1) is 31.2. The second-order valence-electron chi connectivity index (χ2n) is 7.61. The van der Waals surface area contributed by atoms with Gasteiger partial charge < -0.3 is 0 Å². The van der Waals surface area contributed by atoms with E-state index in [2.05, 4.69) is 196 Å². The molecule has 4 aromatic rings. The molecule has 0 spiro atoms. The molecular weight excluding hydrogens is 922 g/mol. The van der Waals surface area contributed by atoms with Crippen molar-refractivity contribution in [3.8, 4) is 0 Å². The van der Waals surface area contributed by atoms with Gasteiger partial charge in [-0.2, -0.15) is 0 Å². The van der Waals surface area contributed by atoms with Crippen LogP contribution in [0.4, 0.5) is 0 Å². The Labute approximate surface area is 258 Å². The minimum atomic E-state index is -1.08. The van der Waals surface area contributed by atoms with Gasteiger partial charge in [0.1, 0.15) is 0 Å². The van der Waals surface area contributed by atoms with E-state index < -0.39 is 51.9 Å². The van der Waals surface area contributed by atoms with Crippen molar-refractivity contribution in [3.63, 3.8) is 0 Å². The van der Waals surface area contributed by atoms with Crippen molar-refractivity contribution >= 4 is 128 Å². The SMILES string of the molecule is C[Si]([Se])([Se])[Si](C)([Se])[Se].c1cc[c]([Sn][c]2ccccc2)cc1.c1cc[c]([Sn][c]2ccccc2)cc1. The fourth-order valence-corrected chi connectivity index (χ4v) is 8.42. The molecule has 0 aliphatic carbocycles. The monoisotopic (exact) mass is 954 g/mol. The van der Waals surface area contributed by atoms with Crippen LogP contribution >= 0.6 is 0 Å². The molecule has 170 valence electrons. The molecule has 4 rings (SSSR count). The fraction of sp³-hybridized carbons (Fsp3) is 0.0769. The maximum atomic E-state index is 3.24. The second-order valence-corrected chi connectivity index (χ2v) is 63.6. The van der Waals surface area contributed by atoms with Crippen molar-refractivity contribution in [2.24, 2.45) is 0 Å². The Hall–Kier alpha value is 0.989. The first-order chi connectivity index (χ1) is 16.1. The van der Waals surface area contributed by atoms with Gasteiger partial charge in [0, 0.05) is 0 Å². The molecule has 0 amide bonds. The van der Waals surface area contributed by atoms with Gasteiger partial charge >= 0.3 is 262 Å². The van der Waals surface area contributed by atoms with Crippen molar-refractivity contribution in [2.45, 2.75) is 13.1 Å². The van der Waals surface area contributed by atoms with Gasteiger partial charge in [-0.1, -0.05) is 0 Å². The molecule has 0 nitrogen and oxygen atoms in total. The third-order valence-corrected chi connectivity index (χ3v) is 72.6. The summed E-state index contributed by atoms with van der Waals surface area (Å²) in [5.41, 5.74) is 0. The molecule has 0 fully saturated rings. The van der Waals surface area contributed by atoms with Crippen LogP contribution in [0.5, 0.6) is 0 Å². The average molecular weight is 948 g/mol. The molecule has 0 aromatic heterocycles. The fourth-order valence-electron chi connectivity index (χ4n) is 2.42. The molecule has 0 aliphatic heterocycles. The molecule has 34 heavy (non-hydrogen) atoms. The van der Waals surface area contributed by atoms with E-state index >= 15 is 0 Å². The molecule has 0 aliphatic rings. The standard InChI is InChI=1S/4C6H5.C2H6Se4Si2.2Sn/c4*1-2-4-6-5-3-1;1-7(3,4)8(2,5)6;;/h4*1-5H;1-2H3;;. The number of rotatable bonds is 5. The summed E-state index contributed by atoms with van der Waals surface area (Å²) in [6.45, 7) is 4.60. The van der Waals surface area contributed by atoms with Crippen LogP contribution < -0.4 is 14.3 Å². The van der Waals surface area contributed by atoms with Crippen molar-refractivity contribution in [2.75, 3.05) is 0 Å². The zero-order valence-corrected chi connectivity index (χ0v) is 33.7. The van der Waals surface area contributed by atoms with Gasteiger partial charge in [0.15, 0.2) is 0 Å². The molecule has 0 saturated heterocycles. The predicted molar refractivity (Wildman–Crippen MR) is 162 cm³/mol. The molecule has 0 unspecified atom stereocenters. The van der Waals surface area contributed by atoms with Crippen LogP contribution in [0.3, 0.4) is 0 Å². The first-order valence-corrected chi connectivity index (χ1v) is 32.3. The van der Waals surface area contributed by atoms with E-state index in [0.29, 0.717) is 0 Å². The van der Waals surface area contributed by atoms with Crippen molar-refractivity contribution in [1.82, 2.24) is 0 Å². The van der Waals surface area contributed by atoms with Crippen LogP contribution in [0.25, 0.3) is 0 Å². The summed E-state index contributed by atoms with van der Waals surface area (Å²) < 4.78 is 6.16. The van der Waals surface area contributed by atoms with Crippen LogP contribution in [0.1, 0.15) is 0 Å². The molecule has 8 radical (unpaired) electrons. The van der Waals surface area contributed by atoms with E-state index in [1.807, 2.05) is 0 Å². The van der Waals surface area contributed by atoms with Crippen molar-refractivity contribution < 1.29 is 0 Å². The quantitative estimate of drug-likeness (QED) is 0.267. The molecule has 0 atom stereocenters. The normalized spacial score (nSPS) is 10.9. The van der Waals surface area contributed by atoms with Crippen LogP contribution in [0.2, 0.25) is 13.1 Å². The van der Waals surface area contributed by atoms with Gasteiger partial charge in [0.2, 0.25) is 0 Å². The van der Waals surface area contributed by atoms with E-state index in [-0.39, 0.29) is 0 Å². The molecule has 0 bridgehead atoms. The Bertz CT molecular complexity index is 894. The van der Waals surface area contributed by atoms with E-state index in [4.69, 9.17) is 0 Å². The molecular formula is C26H26Se4Si2Sn2.